The first kappa shape index (κ1) is 12.3. The molecule has 0 saturated heterocycles. The summed E-state index contributed by atoms with van der Waals surface area (Å²) in [7, 11) is 1.63. The summed E-state index contributed by atoms with van der Waals surface area (Å²) in [5, 5.41) is 0. The maximum Gasteiger partial charge on any atom is 0.198 e. The summed E-state index contributed by atoms with van der Waals surface area (Å²) in [5.41, 5.74) is 1.06. The van der Waals surface area contributed by atoms with Gasteiger partial charge in [-0.25, -0.2) is 0 Å². The second-order valence-electron chi connectivity index (χ2n) is 3.79. The predicted molar refractivity (Wildman–Crippen MR) is 68.5 cm³/mol. The van der Waals surface area contributed by atoms with Crippen LogP contribution in [-0.4, -0.2) is 25.6 Å². The number of rotatable bonds is 3. The molecule has 0 N–H and O–H groups in total. The summed E-state index contributed by atoms with van der Waals surface area (Å²) in [4.78, 5) is 11.8. The topological polar surface area (TPSA) is 35.5 Å². The van der Waals surface area contributed by atoms with Gasteiger partial charge in [0, 0.05) is 6.42 Å². The number of benzene rings is 1. The van der Waals surface area contributed by atoms with Crippen molar-refractivity contribution in [3.8, 4) is 5.75 Å². The van der Waals surface area contributed by atoms with Crippen LogP contribution >= 0.6 is 15.9 Å². The van der Waals surface area contributed by atoms with Crippen LogP contribution in [0.15, 0.2) is 34.8 Å². The predicted octanol–water partition coefficient (Wildman–Crippen LogP) is 2.48. The average molecular weight is 297 g/mol. The highest BCUT2D eigenvalue weighted by Crippen LogP contribution is 2.20. The molecule has 90 valence electrons. The van der Waals surface area contributed by atoms with Gasteiger partial charge in [0.1, 0.15) is 11.9 Å². The lowest BCUT2D eigenvalue weighted by atomic mass is 10.0. The highest BCUT2D eigenvalue weighted by molar-refractivity contribution is 9.12. The Morgan fingerprint density at radius 3 is 2.76 bits per heavy atom. The van der Waals surface area contributed by atoms with Crippen molar-refractivity contribution in [3.63, 3.8) is 0 Å². The van der Waals surface area contributed by atoms with Crippen molar-refractivity contribution in [1.82, 2.24) is 0 Å². The Morgan fingerprint density at radius 1 is 1.41 bits per heavy atom. The number of hydrogen-bond donors (Lipinski definition) is 0. The molecule has 3 nitrogen and oxygen atoms in total. The van der Waals surface area contributed by atoms with Gasteiger partial charge in [-0.3, -0.25) is 4.79 Å². The number of ketones is 1. The van der Waals surface area contributed by atoms with Crippen molar-refractivity contribution < 1.29 is 14.3 Å². The first-order chi connectivity index (χ1) is 8.20. The van der Waals surface area contributed by atoms with Gasteiger partial charge in [-0.15, -0.1) is 0 Å². The molecule has 0 aromatic heterocycles. The summed E-state index contributed by atoms with van der Waals surface area (Å²) >= 11 is 3.24. The van der Waals surface area contributed by atoms with Crippen molar-refractivity contribution in [2.24, 2.45) is 0 Å². The van der Waals surface area contributed by atoms with E-state index in [4.69, 9.17) is 9.47 Å². The summed E-state index contributed by atoms with van der Waals surface area (Å²) in [6, 6.07) is 7.66. The molecular weight excluding hydrogens is 284 g/mol. The first-order valence-corrected chi connectivity index (χ1v) is 6.14. The molecule has 1 aromatic rings. The third-order valence-electron chi connectivity index (χ3n) is 2.67. The van der Waals surface area contributed by atoms with Crippen LogP contribution in [0.3, 0.4) is 0 Å². The molecule has 0 fully saturated rings. The maximum atomic E-state index is 11.8. The Kier molecular flexibility index (Phi) is 3.97. The summed E-state index contributed by atoms with van der Waals surface area (Å²) in [5.74, 6) is 0.817. The van der Waals surface area contributed by atoms with E-state index < -0.39 is 0 Å². The van der Waals surface area contributed by atoms with Crippen LogP contribution in [0.4, 0.5) is 0 Å². The van der Waals surface area contributed by atoms with Gasteiger partial charge in [-0.1, -0.05) is 12.1 Å². The fraction of sp³-hybridized carbons (Fsp3) is 0.308. The zero-order valence-corrected chi connectivity index (χ0v) is 11.1. The quantitative estimate of drug-likeness (QED) is 0.860. The minimum Gasteiger partial charge on any atom is -0.497 e. The molecule has 0 bridgehead atoms. The minimum absolute atomic E-state index is 0.00654. The van der Waals surface area contributed by atoms with E-state index in [0.717, 1.165) is 11.3 Å². The number of Topliss-reactive ketones (excluding diaryl/α,β-unsaturated/α-hetero) is 1. The van der Waals surface area contributed by atoms with Gasteiger partial charge in [0.2, 0.25) is 0 Å². The van der Waals surface area contributed by atoms with Crippen LogP contribution in [0.1, 0.15) is 5.56 Å². The highest BCUT2D eigenvalue weighted by atomic mass is 79.9. The first-order valence-electron chi connectivity index (χ1n) is 5.35. The van der Waals surface area contributed by atoms with Crippen molar-refractivity contribution in [2.45, 2.75) is 12.5 Å². The smallest absolute Gasteiger partial charge is 0.198 e. The maximum absolute atomic E-state index is 11.8. The van der Waals surface area contributed by atoms with Crippen LogP contribution in [0, 0.1) is 0 Å². The lowest BCUT2D eigenvalue weighted by molar-refractivity contribution is -0.126. The van der Waals surface area contributed by atoms with Crippen molar-refractivity contribution >= 4 is 21.7 Å². The molecule has 0 aliphatic carbocycles. The normalized spacial score (nSPS) is 20.0. The number of methoxy groups -OCH3 is 1. The van der Waals surface area contributed by atoms with Gasteiger partial charge in [-0.2, -0.15) is 0 Å². The number of halogens is 1. The van der Waals surface area contributed by atoms with E-state index in [2.05, 4.69) is 15.9 Å². The van der Waals surface area contributed by atoms with E-state index in [-0.39, 0.29) is 11.9 Å². The molecule has 17 heavy (non-hydrogen) atoms. The SMILES string of the molecule is COc1ccc(CC2OCC=C(Br)C2=O)cc1. The molecule has 0 radical (unpaired) electrons. The van der Waals surface area contributed by atoms with E-state index in [1.165, 1.54) is 0 Å². The van der Waals surface area contributed by atoms with Gasteiger partial charge in [0.25, 0.3) is 0 Å². The third kappa shape index (κ3) is 2.96. The molecule has 0 saturated carbocycles. The largest absolute Gasteiger partial charge is 0.497 e. The Bertz CT molecular complexity index is 436. The lowest BCUT2D eigenvalue weighted by Gasteiger charge is -2.19. The van der Waals surface area contributed by atoms with E-state index in [0.29, 0.717) is 17.5 Å². The molecule has 0 spiro atoms. The highest BCUT2D eigenvalue weighted by Gasteiger charge is 2.24. The van der Waals surface area contributed by atoms with Gasteiger partial charge in [0.05, 0.1) is 18.2 Å². The van der Waals surface area contributed by atoms with E-state index >= 15 is 0 Å². The molecule has 4 heteroatoms. The molecular formula is C13H13BrO3. The molecule has 2 rings (SSSR count). The molecule has 1 unspecified atom stereocenters. The van der Waals surface area contributed by atoms with Crippen LogP contribution in [0.5, 0.6) is 5.75 Å². The van der Waals surface area contributed by atoms with Gasteiger partial charge in [-0.05, 0) is 39.7 Å². The molecule has 0 amide bonds. The second-order valence-corrected chi connectivity index (χ2v) is 4.64. The van der Waals surface area contributed by atoms with Crippen molar-refractivity contribution in [3.05, 3.63) is 40.4 Å². The van der Waals surface area contributed by atoms with Gasteiger partial charge < -0.3 is 9.47 Å². The monoisotopic (exact) mass is 296 g/mol. The Hall–Kier alpha value is -1.13. The minimum atomic E-state index is -0.386. The summed E-state index contributed by atoms with van der Waals surface area (Å²) < 4.78 is 11.1. The second kappa shape index (κ2) is 5.47. The van der Waals surface area contributed by atoms with Crippen LogP contribution < -0.4 is 4.74 Å². The standard InChI is InChI=1S/C13H13BrO3/c1-16-10-4-2-9(3-5-10)8-12-13(15)11(14)6-7-17-12/h2-6,12H,7-8H2,1H3. The van der Waals surface area contributed by atoms with Crippen LogP contribution in [0.2, 0.25) is 0 Å². The van der Waals surface area contributed by atoms with E-state index in [1.807, 2.05) is 24.3 Å². The van der Waals surface area contributed by atoms with Gasteiger partial charge in [0.15, 0.2) is 5.78 Å². The van der Waals surface area contributed by atoms with E-state index in [9.17, 15) is 4.79 Å². The Balaban J connectivity index is 2.05. The summed E-state index contributed by atoms with van der Waals surface area (Å²) in [6.07, 6.45) is 1.95. The number of carbonyl (C=O) groups excluding carboxylic acids is 1. The average Bonchev–Trinajstić information content (AvgIpc) is 2.36. The van der Waals surface area contributed by atoms with E-state index in [1.54, 1.807) is 13.2 Å². The molecule has 1 aromatic carbocycles. The molecule has 1 atom stereocenters. The summed E-state index contributed by atoms with van der Waals surface area (Å²) in [6.45, 7) is 0.479. The zero-order valence-electron chi connectivity index (χ0n) is 9.48. The molecule has 1 aliphatic rings. The lowest BCUT2D eigenvalue weighted by Crippen LogP contribution is -2.30. The number of ether oxygens (including phenoxy) is 2. The number of carbonyl (C=O) groups is 1. The van der Waals surface area contributed by atoms with Crippen LogP contribution in [-0.2, 0) is 16.0 Å². The number of hydrogen-bond acceptors (Lipinski definition) is 3. The molecule has 1 heterocycles. The van der Waals surface area contributed by atoms with Gasteiger partial charge >= 0.3 is 0 Å². The zero-order chi connectivity index (χ0) is 12.3. The third-order valence-corrected chi connectivity index (χ3v) is 3.38. The van der Waals surface area contributed by atoms with Crippen molar-refractivity contribution in [2.75, 3.05) is 13.7 Å². The fourth-order valence-electron chi connectivity index (χ4n) is 1.69. The Morgan fingerprint density at radius 2 is 2.12 bits per heavy atom. The van der Waals surface area contributed by atoms with Crippen LogP contribution in [0.25, 0.3) is 0 Å². The van der Waals surface area contributed by atoms with Crippen molar-refractivity contribution in [1.29, 1.82) is 0 Å². The molecule has 1 aliphatic heterocycles. The Labute approximate surface area is 109 Å². The fourth-order valence-corrected chi connectivity index (χ4v) is 2.08.